The Hall–Kier alpha value is -3.44. The van der Waals surface area contributed by atoms with E-state index < -0.39 is 5.60 Å². The fourth-order valence-electron chi connectivity index (χ4n) is 2.83. The lowest BCUT2D eigenvalue weighted by Gasteiger charge is -2.15. The number of ether oxygens (including phenoxy) is 2. The van der Waals surface area contributed by atoms with Crippen LogP contribution in [-0.4, -0.2) is 35.5 Å². The molecule has 3 rings (SSSR count). The van der Waals surface area contributed by atoms with Gasteiger partial charge >= 0.3 is 0 Å². The monoisotopic (exact) mass is 404 g/mol. The molecule has 3 aromatic carbocycles. The lowest BCUT2D eigenvalue weighted by Crippen LogP contribution is -2.30. The van der Waals surface area contributed by atoms with Gasteiger partial charge in [0.05, 0.1) is 0 Å². The number of rotatable bonds is 9. The van der Waals surface area contributed by atoms with Gasteiger partial charge in [0.25, 0.3) is 0 Å². The number of carbonyl (C=O) groups excluding carboxylic acids is 2. The molecule has 0 saturated heterocycles. The van der Waals surface area contributed by atoms with Gasteiger partial charge in [-0.3, -0.25) is 9.59 Å². The van der Waals surface area contributed by atoms with Crippen LogP contribution >= 0.6 is 0 Å². The maximum absolute atomic E-state index is 12.4. The van der Waals surface area contributed by atoms with E-state index in [0.29, 0.717) is 41.4 Å². The first-order valence-electron chi connectivity index (χ1n) is 9.67. The molecule has 1 N–H and O–H groups in total. The number of ketones is 2. The summed E-state index contributed by atoms with van der Waals surface area (Å²) in [5.41, 5.74) is 0.272. The van der Waals surface area contributed by atoms with Crippen LogP contribution in [0.1, 0.15) is 40.1 Å². The van der Waals surface area contributed by atoms with Crippen LogP contribution in [0.25, 0.3) is 0 Å². The smallest absolute Gasteiger partial charge is 0.193 e. The second kappa shape index (κ2) is 9.37. The minimum atomic E-state index is -1.41. The van der Waals surface area contributed by atoms with Gasteiger partial charge < -0.3 is 14.6 Å². The largest absolute Gasteiger partial charge is 0.490 e. The van der Waals surface area contributed by atoms with Gasteiger partial charge in [-0.15, -0.1) is 0 Å². The average Bonchev–Trinajstić information content (AvgIpc) is 2.76. The highest BCUT2D eigenvalue weighted by molar-refractivity contribution is 6.09. The molecule has 0 atom stereocenters. The molecule has 0 aliphatic carbocycles. The lowest BCUT2D eigenvalue weighted by molar-refractivity contribution is 0.0488. The van der Waals surface area contributed by atoms with Crippen molar-refractivity contribution < 1.29 is 24.2 Å². The summed E-state index contributed by atoms with van der Waals surface area (Å²) in [5, 5.41) is 9.78. The van der Waals surface area contributed by atoms with E-state index in [-0.39, 0.29) is 11.6 Å². The first-order chi connectivity index (χ1) is 14.3. The molecule has 154 valence electrons. The van der Waals surface area contributed by atoms with Crippen molar-refractivity contribution in [3.8, 4) is 11.5 Å². The van der Waals surface area contributed by atoms with Crippen LogP contribution in [0.2, 0.25) is 0 Å². The molecule has 0 aliphatic rings. The standard InChI is InChI=1S/C25H24O5/c1-25(2,28)24(27)20-10-14-22(15-11-20)30-17-16-29-21-12-8-19(9-13-21)23(26)18-6-4-3-5-7-18/h3-15,28H,16-17H2,1-2H3. The van der Waals surface area contributed by atoms with Gasteiger partial charge in [0.1, 0.15) is 30.3 Å². The van der Waals surface area contributed by atoms with Crippen LogP contribution in [0.3, 0.4) is 0 Å². The number of Topliss-reactive ketones (excluding diaryl/α,β-unsaturated/α-hetero) is 1. The predicted octanol–water partition coefficient (Wildman–Crippen LogP) is 4.33. The van der Waals surface area contributed by atoms with Crippen LogP contribution in [-0.2, 0) is 0 Å². The van der Waals surface area contributed by atoms with Crippen molar-refractivity contribution in [2.24, 2.45) is 0 Å². The van der Waals surface area contributed by atoms with E-state index in [2.05, 4.69) is 0 Å². The number of carbonyl (C=O) groups is 2. The normalized spacial score (nSPS) is 11.0. The molecule has 0 spiro atoms. The second-order valence-corrected chi connectivity index (χ2v) is 7.33. The van der Waals surface area contributed by atoms with E-state index in [1.807, 2.05) is 18.2 Å². The molecule has 5 heteroatoms. The summed E-state index contributed by atoms with van der Waals surface area (Å²) in [7, 11) is 0. The third kappa shape index (κ3) is 5.55. The van der Waals surface area contributed by atoms with Gasteiger partial charge in [0, 0.05) is 16.7 Å². The van der Waals surface area contributed by atoms with Crippen molar-refractivity contribution in [2.45, 2.75) is 19.4 Å². The number of benzene rings is 3. The number of aliphatic hydroxyl groups is 1. The van der Waals surface area contributed by atoms with Crippen LogP contribution in [0.4, 0.5) is 0 Å². The van der Waals surface area contributed by atoms with Crippen LogP contribution in [0.5, 0.6) is 11.5 Å². The van der Waals surface area contributed by atoms with Crippen LogP contribution in [0.15, 0.2) is 78.9 Å². The highest BCUT2D eigenvalue weighted by Crippen LogP contribution is 2.18. The molecule has 30 heavy (non-hydrogen) atoms. The summed E-state index contributed by atoms with van der Waals surface area (Å²) in [6.45, 7) is 3.57. The van der Waals surface area contributed by atoms with E-state index in [9.17, 15) is 14.7 Å². The number of hydrogen-bond acceptors (Lipinski definition) is 5. The molecule has 0 amide bonds. The Balaban J connectivity index is 1.47. The summed E-state index contributed by atoms with van der Waals surface area (Å²) in [4.78, 5) is 24.4. The molecule has 0 fully saturated rings. The van der Waals surface area contributed by atoms with E-state index in [4.69, 9.17) is 9.47 Å². The zero-order valence-electron chi connectivity index (χ0n) is 17.0. The highest BCUT2D eigenvalue weighted by atomic mass is 16.5. The van der Waals surface area contributed by atoms with Gasteiger partial charge in [0.2, 0.25) is 0 Å². The lowest BCUT2D eigenvalue weighted by atomic mass is 9.97. The second-order valence-electron chi connectivity index (χ2n) is 7.33. The third-order valence-electron chi connectivity index (χ3n) is 4.45. The minimum absolute atomic E-state index is 0.0306. The molecule has 3 aromatic rings. The van der Waals surface area contributed by atoms with E-state index in [0.717, 1.165) is 0 Å². The molecular formula is C25H24O5. The quantitative estimate of drug-likeness (QED) is 0.425. The van der Waals surface area contributed by atoms with Gasteiger partial charge in [-0.2, -0.15) is 0 Å². The molecule has 0 saturated carbocycles. The molecule has 0 heterocycles. The van der Waals surface area contributed by atoms with Crippen molar-refractivity contribution in [2.75, 3.05) is 13.2 Å². The number of hydrogen-bond donors (Lipinski definition) is 1. The van der Waals surface area contributed by atoms with Gasteiger partial charge in [-0.05, 0) is 62.4 Å². The first kappa shape index (κ1) is 21.3. The van der Waals surface area contributed by atoms with Crippen molar-refractivity contribution in [3.05, 3.63) is 95.6 Å². The van der Waals surface area contributed by atoms with E-state index in [1.54, 1.807) is 60.7 Å². The molecule has 0 unspecified atom stereocenters. The minimum Gasteiger partial charge on any atom is -0.490 e. The average molecular weight is 404 g/mol. The van der Waals surface area contributed by atoms with Crippen molar-refractivity contribution >= 4 is 11.6 Å². The maximum Gasteiger partial charge on any atom is 0.193 e. The van der Waals surface area contributed by atoms with Gasteiger partial charge in [-0.25, -0.2) is 0 Å². The summed E-state index contributed by atoms with van der Waals surface area (Å²) < 4.78 is 11.3. The molecule has 0 aliphatic heterocycles. The maximum atomic E-state index is 12.4. The van der Waals surface area contributed by atoms with Crippen LogP contribution < -0.4 is 9.47 Å². The van der Waals surface area contributed by atoms with Gasteiger partial charge in [0.15, 0.2) is 11.6 Å². The molecule has 0 bridgehead atoms. The van der Waals surface area contributed by atoms with Crippen molar-refractivity contribution in [1.82, 2.24) is 0 Å². The Morgan fingerprint density at radius 3 is 1.60 bits per heavy atom. The SMILES string of the molecule is CC(C)(O)C(=O)c1ccc(OCCOc2ccc(C(=O)c3ccccc3)cc2)cc1. The summed E-state index contributed by atoms with van der Waals surface area (Å²) in [6.07, 6.45) is 0. The Bertz CT molecular complexity index is 984. The zero-order valence-corrected chi connectivity index (χ0v) is 17.0. The summed E-state index contributed by atoms with van der Waals surface area (Å²) in [5.74, 6) is 0.882. The summed E-state index contributed by atoms with van der Waals surface area (Å²) >= 11 is 0. The Labute approximate surface area is 175 Å². The molecule has 0 radical (unpaired) electrons. The molecule has 5 nitrogen and oxygen atoms in total. The van der Waals surface area contributed by atoms with Crippen molar-refractivity contribution in [3.63, 3.8) is 0 Å². The highest BCUT2D eigenvalue weighted by Gasteiger charge is 2.24. The van der Waals surface area contributed by atoms with E-state index in [1.165, 1.54) is 13.8 Å². The third-order valence-corrected chi connectivity index (χ3v) is 4.45. The fourth-order valence-corrected chi connectivity index (χ4v) is 2.83. The molecule has 0 aromatic heterocycles. The van der Waals surface area contributed by atoms with Gasteiger partial charge in [-0.1, -0.05) is 30.3 Å². The first-order valence-corrected chi connectivity index (χ1v) is 9.67. The Kier molecular flexibility index (Phi) is 6.65. The fraction of sp³-hybridized carbons (Fsp3) is 0.200. The Morgan fingerprint density at radius 1 is 0.700 bits per heavy atom. The van der Waals surface area contributed by atoms with E-state index >= 15 is 0 Å². The Morgan fingerprint density at radius 2 is 1.13 bits per heavy atom. The van der Waals surface area contributed by atoms with Crippen molar-refractivity contribution in [1.29, 1.82) is 0 Å². The zero-order chi connectivity index (χ0) is 21.6. The summed E-state index contributed by atoms with van der Waals surface area (Å²) in [6, 6.07) is 22.7. The predicted molar refractivity (Wildman–Crippen MR) is 114 cm³/mol. The topological polar surface area (TPSA) is 72.8 Å². The van der Waals surface area contributed by atoms with Crippen LogP contribution in [0, 0.1) is 0 Å². The molecular weight excluding hydrogens is 380 g/mol.